The summed E-state index contributed by atoms with van der Waals surface area (Å²) in [7, 11) is 1.83. The second kappa shape index (κ2) is 5.06. The van der Waals surface area contributed by atoms with E-state index in [0.717, 1.165) is 5.56 Å². The van der Waals surface area contributed by atoms with Gasteiger partial charge in [-0.3, -0.25) is 0 Å². The van der Waals surface area contributed by atoms with Gasteiger partial charge in [0.2, 0.25) is 0 Å². The fourth-order valence-electron chi connectivity index (χ4n) is 2.22. The van der Waals surface area contributed by atoms with Gasteiger partial charge in [-0.05, 0) is 49.0 Å². The van der Waals surface area contributed by atoms with E-state index in [4.69, 9.17) is 4.42 Å². The number of fused-ring (bicyclic) bond motifs is 1. The number of rotatable bonds is 3. The van der Waals surface area contributed by atoms with Crippen molar-refractivity contribution in [3.63, 3.8) is 0 Å². The van der Waals surface area contributed by atoms with Gasteiger partial charge in [0.15, 0.2) is 0 Å². The average molecular weight is 273 g/mol. The Morgan fingerprint density at radius 3 is 2.70 bits per heavy atom. The minimum Gasteiger partial charge on any atom is -0.456 e. The van der Waals surface area contributed by atoms with Gasteiger partial charge in [-0.15, -0.1) is 0 Å². The fraction of sp³-hybridized carbons (Fsp3) is 0.125. The summed E-state index contributed by atoms with van der Waals surface area (Å²) in [6.07, 6.45) is 0. The van der Waals surface area contributed by atoms with Gasteiger partial charge < -0.3 is 9.73 Å². The molecule has 3 aromatic rings. The molecule has 3 rings (SSSR count). The Kier molecular flexibility index (Phi) is 3.24. The second-order valence-electron chi connectivity index (χ2n) is 4.64. The Hall–Kier alpha value is -2.20. The first-order valence-electron chi connectivity index (χ1n) is 6.30. The zero-order valence-electron chi connectivity index (χ0n) is 10.9. The summed E-state index contributed by atoms with van der Waals surface area (Å²) in [5, 5.41) is 3.64. The highest BCUT2D eigenvalue weighted by Crippen LogP contribution is 2.30. The van der Waals surface area contributed by atoms with E-state index in [0.29, 0.717) is 28.8 Å². The number of nitrogens with one attached hydrogen (secondary N) is 1. The molecule has 1 heterocycles. The predicted molar refractivity (Wildman–Crippen MR) is 74.3 cm³/mol. The number of hydrogen-bond acceptors (Lipinski definition) is 2. The predicted octanol–water partition coefficient (Wildman–Crippen LogP) is 4.10. The molecule has 20 heavy (non-hydrogen) atoms. The molecule has 1 N–H and O–H groups in total. The van der Waals surface area contributed by atoms with Crippen LogP contribution in [0.15, 0.2) is 46.9 Å². The zero-order chi connectivity index (χ0) is 14.1. The minimum atomic E-state index is -0.357. The molecule has 0 atom stereocenters. The van der Waals surface area contributed by atoms with E-state index in [1.165, 1.54) is 18.2 Å². The molecule has 0 aliphatic heterocycles. The highest BCUT2D eigenvalue weighted by atomic mass is 19.1. The molecule has 0 unspecified atom stereocenters. The van der Waals surface area contributed by atoms with Crippen molar-refractivity contribution in [3.05, 3.63) is 59.7 Å². The summed E-state index contributed by atoms with van der Waals surface area (Å²) in [6.45, 7) is 0.641. The summed E-state index contributed by atoms with van der Waals surface area (Å²) in [4.78, 5) is 0. The first kappa shape index (κ1) is 12.8. The summed E-state index contributed by atoms with van der Waals surface area (Å²) in [5.74, 6) is -0.292. The maximum atomic E-state index is 13.9. The van der Waals surface area contributed by atoms with Crippen molar-refractivity contribution in [2.75, 3.05) is 7.05 Å². The van der Waals surface area contributed by atoms with Crippen molar-refractivity contribution in [3.8, 4) is 11.3 Å². The summed E-state index contributed by atoms with van der Waals surface area (Å²) in [5.41, 5.74) is 1.88. The Balaban J connectivity index is 2.12. The molecular weight excluding hydrogens is 260 g/mol. The lowest BCUT2D eigenvalue weighted by Crippen LogP contribution is -2.05. The summed E-state index contributed by atoms with van der Waals surface area (Å²) in [6, 6.07) is 10.8. The Bertz CT molecular complexity index is 764. The van der Waals surface area contributed by atoms with E-state index in [2.05, 4.69) is 5.32 Å². The van der Waals surface area contributed by atoms with E-state index in [9.17, 15) is 8.78 Å². The third kappa shape index (κ3) is 2.30. The topological polar surface area (TPSA) is 25.2 Å². The maximum Gasteiger partial charge on any atom is 0.138 e. The van der Waals surface area contributed by atoms with Crippen LogP contribution >= 0.6 is 0 Å². The van der Waals surface area contributed by atoms with Gasteiger partial charge in [0, 0.05) is 11.9 Å². The van der Waals surface area contributed by atoms with Gasteiger partial charge in [0.25, 0.3) is 0 Å². The van der Waals surface area contributed by atoms with Crippen molar-refractivity contribution in [1.29, 1.82) is 0 Å². The van der Waals surface area contributed by atoms with E-state index < -0.39 is 0 Å². The van der Waals surface area contributed by atoms with Crippen LogP contribution in [0.3, 0.4) is 0 Å². The van der Waals surface area contributed by atoms with Crippen LogP contribution in [0.2, 0.25) is 0 Å². The molecule has 1 aromatic heterocycles. The number of benzene rings is 2. The van der Waals surface area contributed by atoms with Crippen LogP contribution < -0.4 is 5.32 Å². The third-order valence-corrected chi connectivity index (χ3v) is 3.16. The molecule has 2 aromatic carbocycles. The number of hydrogen-bond donors (Lipinski definition) is 1. The van der Waals surface area contributed by atoms with Crippen LogP contribution in [-0.2, 0) is 6.54 Å². The molecule has 4 heteroatoms. The molecular formula is C16H13F2NO. The molecule has 2 nitrogen and oxygen atoms in total. The quantitative estimate of drug-likeness (QED) is 0.777. The molecule has 0 saturated heterocycles. The lowest BCUT2D eigenvalue weighted by molar-refractivity contribution is 0.598. The first-order chi connectivity index (χ1) is 9.67. The van der Waals surface area contributed by atoms with Crippen molar-refractivity contribution >= 4 is 11.0 Å². The zero-order valence-corrected chi connectivity index (χ0v) is 10.9. The van der Waals surface area contributed by atoms with E-state index in [1.807, 2.05) is 7.05 Å². The fourth-order valence-corrected chi connectivity index (χ4v) is 2.22. The van der Waals surface area contributed by atoms with Crippen LogP contribution in [0, 0.1) is 11.6 Å². The maximum absolute atomic E-state index is 13.9. The lowest BCUT2D eigenvalue weighted by Gasteiger charge is -2.04. The van der Waals surface area contributed by atoms with Gasteiger partial charge in [-0.1, -0.05) is 6.07 Å². The van der Waals surface area contributed by atoms with Crippen LogP contribution in [0.1, 0.15) is 5.56 Å². The molecule has 0 radical (unpaired) electrons. The highest BCUT2D eigenvalue weighted by molar-refractivity contribution is 5.83. The normalized spacial score (nSPS) is 11.2. The average Bonchev–Trinajstić information content (AvgIpc) is 2.84. The molecule has 0 bridgehead atoms. The molecule has 0 aliphatic carbocycles. The third-order valence-electron chi connectivity index (χ3n) is 3.16. The molecule has 0 spiro atoms. The lowest BCUT2D eigenvalue weighted by atomic mass is 10.1. The Morgan fingerprint density at radius 1 is 1.05 bits per heavy atom. The monoisotopic (exact) mass is 273 g/mol. The summed E-state index contributed by atoms with van der Waals surface area (Å²) >= 11 is 0. The van der Waals surface area contributed by atoms with E-state index in [-0.39, 0.29) is 11.6 Å². The van der Waals surface area contributed by atoms with Crippen molar-refractivity contribution in [2.45, 2.75) is 6.54 Å². The number of furan rings is 1. The SMILES string of the molecule is CNCc1ccc(F)c(-c2cc3cc(F)ccc3o2)c1. The van der Waals surface area contributed by atoms with E-state index in [1.54, 1.807) is 24.3 Å². The molecule has 0 fully saturated rings. The minimum absolute atomic E-state index is 0.339. The van der Waals surface area contributed by atoms with Gasteiger partial charge in [0.1, 0.15) is 23.0 Å². The molecule has 0 aliphatic rings. The van der Waals surface area contributed by atoms with Gasteiger partial charge >= 0.3 is 0 Å². The van der Waals surface area contributed by atoms with E-state index >= 15 is 0 Å². The highest BCUT2D eigenvalue weighted by Gasteiger charge is 2.12. The second-order valence-corrected chi connectivity index (χ2v) is 4.64. The Labute approximate surface area is 115 Å². The largest absolute Gasteiger partial charge is 0.456 e. The van der Waals surface area contributed by atoms with Crippen LogP contribution in [0.4, 0.5) is 8.78 Å². The van der Waals surface area contributed by atoms with Crippen LogP contribution in [0.25, 0.3) is 22.3 Å². The van der Waals surface area contributed by atoms with Crippen LogP contribution in [-0.4, -0.2) is 7.05 Å². The first-order valence-corrected chi connectivity index (χ1v) is 6.30. The van der Waals surface area contributed by atoms with Gasteiger partial charge in [-0.2, -0.15) is 0 Å². The summed E-state index contributed by atoms with van der Waals surface area (Å²) < 4.78 is 32.7. The van der Waals surface area contributed by atoms with Crippen LogP contribution in [0.5, 0.6) is 0 Å². The van der Waals surface area contributed by atoms with Crippen molar-refractivity contribution < 1.29 is 13.2 Å². The van der Waals surface area contributed by atoms with Gasteiger partial charge in [0.05, 0.1) is 5.56 Å². The molecule has 0 amide bonds. The van der Waals surface area contributed by atoms with Crippen molar-refractivity contribution in [1.82, 2.24) is 5.32 Å². The van der Waals surface area contributed by atoms with Gasteiger partial charge in [-0.25, -0.2) is 8.78 Å². The Morgan fingerprint density at radius 2 is 1.90 bits per heavy atom. The smallest absolute Gasteiger partial charge is 0.138 e. The molecule has 102 valence electrons. The number of halogens is 2. The standard InChI is InChI=1S/C16H13F2NO/c1-19-9-10-2-4-14(18)13(6-10)16-8-11-7-12(17)3-5-15(11)20-16/h2-8,19H,9H2,1H3. The molecule has 0 saturated carbocycles. The van der Waals surface area contributed by atoms with Crippen molar-refractivity contribution in [2.24, 2.45) is 0 Å².